The summed E-state index contributed by atoms with van der Waals surface area (Å²) in [5.41, 5.74) is 0. The van der Waals surface area contributed by atoms with Gasteiger partial charge in [-0.15, -0.1) is 0 Å². The zero-order chi connectivity index (χ0) is 13.9. The molecule has 2 atom stereocenters. The standard InChI is InChI=1S/C13H26N2O3S/c1-11-6-8-15(10-13(11)18-2)19(16,17)9-3-7-14-12-4-5-12/h11-14H,3-10H2,1-2H3. The summed E-state index contributed by atoms with van der Waals surface area (Å²) in [4.78, 5) is 0. The van der Waals surface area contributed by atoms with Crippen LogP contribution in [0.3, 0.4) is 0 Å². The molecule has 1 saturated carbocycles. The molecule has 2 fully saturated rings. The summed E-state index contributed by atoms with van der Waals surface area (Å²) in [7, 11) is -1.45. The first-order chi connectivity index (χ1) is 9.03. The maximum atomic E-state index is 12.3. The van der Waals surface area contributed by atoms with Crippen LogP contribution >= 0.6 is 0 Å². The lowest BCUT2D eigenvalue weighted by molar-refractivity contribution is 0.0184. The lowest BCUT2D eigenvalue weighted by atomic mass is 9.97. The van der Waals surface area contributed by atoms with Gasteiger partial charge in [0, 0.05) is 26.2 Å². The summed E-state index contributed by atoms with van der Waals surface area (Å²) >= 11 is 0. The first-order valence-corrected chi connectivity index (χ1v) is 8.88. The molecule has 1 saturated heterocycles. The highest BCUT2D eigenvalue weighted by atomic mass is 32.2. The van der Waals surface area contributed by atoms with Crippen LogP contribution in [0.2, 0.25) is 0 Å². The van der Waals surface area contributed by atoms with Crippen LogP contribution in [0.25, 0.3) is 0 Å². The summed E-state index contributed by atoms with van der Waals surface area (Å²) in [6.45, 7) is 4.08. The fraction of sp³-hybridized carbons (Fsp3) is 1.00. The van der Waals surface area contributed by atoms with Crippen molar-refractivity contribution in [3.63, 3.8) is 0 Å². The van der Waals surface area contributed by atoms with E-state index in [1.807, 2.05) is 0 Å². The summed E-state index contributed by atoms with van der Waals surface area (Å²) in [5.74, 6) is 0.686. The number of hydrogen-bond donors (Lipinski definition) is 1. The highest BCUT2D eigenvalue weighted by Crippen LogP contribution is 2.22. The molecule has 1 aliphatic carbocycles. The van der Waals surface area contributed by atoms with Crippen LogP contribution in [0, 0.1) is 5.92 Å². The number of nitrogens with zero attached hydrogens (tertiary/aromatic N) is 1. The van der Waals surface area contributed by atoms with Crippen molar-refractivity contribution < 1.29 is 13.2 Å². The molecule has 19 heavy (non-hydrogen) atoms. The number of rotatable bonds is 7. The minimum Gasteiger partial charge on any atom is -0.380 e. The molecule has 2 aliphatic rings. The third-order valence-electron chi connectivity index (χ3n) is 4.14. The molecule has 1 aliphatic heterocycles. The fourth-order valence-corrected chi connectivity index (χ4v) is 4.07. The van der Waals surface area contributed by atoms with E-state index in [1.165, 1.54) is 12.8 Å². The van der Waals surface area contributed by atoms with Crippen LogP contribution in [0.15, 0.2) is 0 Å². The summed E-state index contributed by atoms with van der Waals surface area (Å²) in [6, 6.07) is 0.649. The van der Waals surface area contributed by atoms with Crippen molar-refractivity contribution in [2.24, 2.45) is 5.92 Å². The molecule has 1 N–H and O–H groups in total. The highest BCUT2D eigenvalue weighted by Gasteiger charge is 2.32. The molecule has 0 aromatic heterocycles. The molecule has 0 aromatic rings. The summed E-state index contributed by atoms with van der Waals surface area (Å²) < 4.78 is 31.5. The van der Waals surface area contributed by atoms with Gasteiger partial charge >= 0.3 is 0 Å². The molecule has 6 heteroatoms. The lowest BCUT2D eigenvalue weighted by Crippen LogP contribution is -2.47. The number of sulfonamides is 1. The van der Waals surface area contributed by atoms with Gasteiger partial charge < -0.3 is 10.1 Å². The van der Waals surface area contributed by atoms with Crippen molar-refractivity contribution in [1.82, 2.24) is 9.62 Å². The van der Waals surface area contributed by atoms with Crippen molar-refractivity contribution in [1.29, 1.82) is 0 Å². The Morgan fingerprint density at radius 2 is 2.05 bits per heavy atom. The summed E-state index contributed by atoms with van der Waals surface area (Å²) in [5, 5.41) is 3.35. The predicted octanol–water partition coefficient (Wildman–Crippen LogP) is 0.815. The Morgan fingerprint density at radius 1 is 1.32 bits per heavy atom. The van der Waals surface area contributed by atoms with Gasteiger partial charge in [-0.1, -0.05) is 6.92 Å². The minimum atomic E-state index is -3.11. The van der Waals surface area contributed by atoms with Crippen LogP contribution in [0.1, 0.15) is 32.6 Å². The zero-order valence-corrected chi connectivity index (χ0v) is 12.8. The first kappa shape index (κ1) is 15.2. The third kappa shape index (κ3) is 4.41. The van der Waals surface area contributed by atoms with Crippen molar-refractivity contribution in [3.05, 3.63) is 0 Å². The molecule has 0 radical (unpaired) electrons. The lowest BCUT2D eigenvalue weighted by Gasteiger charge is -2.35. The number of ether oxygens (including phenoxy) is 1. The molecule has 112 valence electrons. The Bertz CT molecular complexity index is 381. The second kappa shape index (κ2) is 6.52. The van der Waals surface area contributed by atoms with Gasteiger partial charge in [-0.2, -0.15) is 4.31 Å². The molecule has 2 unspecified atom stereocenters. The number of hydrogen-bond acceptors (Lipinski definition) is 4. The Labute approximate surface area is 116 Å². The monoisotopic (exact) mass is 290 g/mol. The number of nitrogens with one attached hydrogen (secondary N) is 1. The fourth-order valence-electron chi connectivity index (χ4n) is 2.54. The van der Waals surface area contributed by atoms with Crippen molar-refractivity contribution >= 4 is 10.0 Å². The van der Waals surface area contributed by atoms with E-state index in [0.717, 1.165) is 13.0 Å². The Kier molecular flexibility index (Phi) is 5.22. The molecule has 0 amide bonds. The molecular formula is C13H26N2O3S. The van der Waals surface area contributed by atoms with E-state index < -0.39 is 10.0 Å². The maximum Gasteiger partial charge on any atom is 0.214 e. The van der Waals surface area contributed by atoms with Crippen molar-refractivity contribution in [3.8, 4) is 0 Å². The van der Waals surface area contributed by atoms with Gasteiger partial charge in [0.25, 0.3) is 0 Å². The summed E-state index contributed by atoms with van der Waals surface area (Å²) in [6.07, 6.45) is 4.10. The Morgan fingerprint density at radius 3 is 2.68 bits per heavy atom. The molecule has 0 bridgehead atoms. The second-order valence-electron chi connectivity index (χ2n) is 5.80. The maximum absolute atomic E-state index is 12.3. The van der Waals surface area contributed by atoms with Crippen molar-refractivity contribution in [2.75, 3.05) is 32.5 Å². The van der Waals surface area contributed by atoms with E-state index in [9.17, 15) is 8.42 Å². The van der Waals surface area contributed by atoms with Crippen molar-refractivity contribution in [2.45, 2.75) is 44.8 Å². The smallest absolute Gasteiger partial charge is 0.214 e. The number of piperidine rings is 1. The molecular weight excluding hydrogens is 264 g/mol. The van der Waals surface area contributed by atoms with Gasteiger partial charge in [0.1, 0.15) is 0 Å². The quantitative estimate of drug-likeness (QED) is 0.705. The molecule has 0 aromatic carbocycles. The van der Waals surface area contributed by atoms with Gasteiger partial charge in [-0.05, 0) is 38.1 Å². The van der Waals surface area contributed by atoms with Crippen LogP contribution in [0.5, 0.6) is 0 Å². The van der Waals surface area contributed by atoms with E-state index in [-0.39, 0.29) is 11.9 Å². The Hall–Kier alpha value is -0.170. The average Bonchev–Trinajstić information content (AvgIpc) is 3.19. The van der Waals surface area contributed by atoms with Gasteiger partial charge in [-0.25, -0.2) is 8.42 Å². The molecule has 5 nitrogen and oxygen atoms in total. The highest BCUT2D eigenvalue weighted by molar-refractivity contribution is 7.89. The number of methoxy groups -OCH3 is 1. The van der Waals surface area contributed by atoms with Gasteiger partial charge in [0.15, 0.2) is 0 Å². The van der Waals surface area contributed by atoms with Gasteiger partial charge in [-0.3, -0.25) is 0 Å². The van der Waals surface area contributed by atoms with Gasteiger partial charge in [0.2, 0.25) is 10.0 Å². The SMILES string of the molecule is COC1CN(S(=O)(=O)CCCNC2CC2)CCC1C. The van der Waals surface area contributed by atoms with Crippen LogP contribution in [0.4, 0.5) is 0 Å². The zero-order valence-electron chi connectivity index (χ0n) is 12.0. The second-order valence-corrected chi connectivity index (χ2v) is 7.88. The molecule has 0 spiro atoms. The topological polar surface area (TPSA) is 58.6 Å². The van der Waals surface area contributed by atoms with Crippen LogP contribution in [-0.4, -0.2) is 57.4 Å². The minimum absolute atomic E-state index is 0.0353. The average molecular weight is 290 g/mol. The first-order valence-electron chi connectivity index (χ1n) is 7.27. The molecule has 1 heterocycles. The van der Waals surface area contributed by atoms with E-state index in [0.29, 0.717) is 31.5 Å². The van der Waals surface area contributed by atoms with Crippen LogP contribution < -0.4 is 5.32 Å². The van der Waals surface area contributed by atoms with E-state index >= 15 is 0 Å². The van der Waals surface area contributed by atoms with Crippen LogP contribution in [-0.2, 0) is 14.8 Å². The third-order valence-corrected chi connectivity index (χ3v) is 6.06. The predicted molar refractivity (Wildman–Crippen MR) is 75.6 cm³/mol. The van der Waals surface area contributed by atoms with Gasteiger partial charge in [0.05, 0.1) is 11.9 Å². The van der Waals surface area contributed by atoms with E-state index in [1.54, 1.807) is 11.4 Å². The molecule has 2 rings (SSSR count). The Balaban J connectivity index is 1.77. The largest absolute Gasteiger partial charge is 0.380 e. The van der Waals surface area contributed by atoms with E-state index in [2.05, 4.69) is 12.2 Å². The normalized spacial score (nSPS) is 29.6. The van der Waals surface area contributed by atoms with E-state index in [4.69, 9.17) is 4.74 Å².